The van der Waals surface area contributed by atoms with E-state index in [0.29, 0.717) is 0 Å². The van der Waals surface area contributed by atoms with Crippen LogP contribution in [0.15, 0.2) is 0 Å². The molecule has 0 amide bonds. The van der Waals surface area contributed by atoms with Crippen LogP contribution in [0, 0.1) is 21.3 Å². The number of hydrogen-bond donors (Lipinski definition) is 1. The molecule has 0 aliphatic carbocycles. The molecule has 12 heteroatoms. The van der Waals surface area contributed by atoms with E-state index < -0.39 is 6.16 Å². The third-order valence-corrected chi connectivity index (χ3v) is 0.353. The van der Waals surface area contributed by atoms with Gasteiger partial charge in [0, 0.05) is 0 Å². The van der Waals surface area contributed by atoms with Gasteiger partial charge in [0.05, 0.1) is 7.11 Å². The fourth-order valence-corrected chi connectivity index (χ4v) is 0.0589. The predicted octanol–water partition coefficient (Wildman–Crippen LogP) is 0.124. The van der Waals surface area contributed by atoms with Gasteiger partial charge >= 0.3 is 6.16 Å². The minimum Gasteiger partial charge on any atom is -0.870 e. The van der Waals surface area contributed by atoms with Gasteiger partial charge < -0.3 is 35.1 Å². The van der Waals surface area contributed by atoms with Crippen LogP contribution in [-0.4, -0.2) is 42.6 Å². The molecule has 0 unspecified atom stereocenters. The second-order valence-electron chi connectivity index (χ2n) is 0.861. The molecule has 0 aromatic carbocycles. The summed E-state index contributed by atoms with van der Waals surface area (Å²) in [5.74, 6) is 0. The van der Waals surface area contributed by atoms with E-state index >= 15 is 0 Å². The Kier molecular flexibility index (Phi) is 1820. The van der Waals surface area contributed by atoms with Crippen molar-refractivity contribution < 1.29 is 44.7 Å². The van der Waals surface area contributed by atoms with Gasteiger partial charge in [0.1, 0.15) is 6.79 Å². The molecule has 0 spiro atoms. The van der Waals surface area contributed by atoms with Crippen molar-refractivity contribution in [3.8, 4) is 0 Å². The number of rotatable bonds is 1. The van der Waals surface area contributed by atoms with Crippen molar-refractivity contribution in [2.75, 3.05) is 7.11 Å². The predicted molar refractivity (Wildman–Crippen MR) is 49.6 cm³/mol. The Morgan fingerprint density at radius 1 is 1.11 bits per heavy atom. The molecule has 0 rings (SSSR count). The van der Waals surface area contributed by atoms with Gasteiger partial charge in [-0.2, -0.15) is 14.2 Å². The molecule has 108 valence electrons. The van der Waals surface area contributed by atoms with E-state index in [1.54, 1.807) is 0 Å². The van der Waals surface area contributed by atoms with Crippen molar-refractivity contribution >= 4 is 19.4 Å². The minimum absolute atomic E-state index is 0. The molecule has 9 nitrogen and oxygen atoms in total. The fourth-order valence-electron chi connectivity index (χ4n) is 0.0589. The van der Waals surface area contributed by atoms with Crippen LogP contribution in [0.25, 0.3) is 0 Å². The quantitative estimate of drug-likeness (QED) is 0.219. The van der Waals surface area contributed by atoms with Gasteiger partial charge in [-0.3, -0.25) is 4.79 Å². The molecule has 0 bridgehead atoms. The first kappa shape index (κ1) is 90.2. The second-order valence-corrected chi connectivity index (χ2v) is 0.861. The molecular weight excluding hydrogens is 1030 g/mol. The fraction of sp³-hybridized carbons (Fsp3) is 0.143. The molecule has 0 aliphatic heterocycles. The SMILES string of the molecule is C=O.[CH2-]O.[CH2-]OC(=O)OC.[CH2-]OC=O.[Db].[Db].[Db].[OH-].[OH-]. The van der Waals surface area contributed by atoms with E-state index in [2.05, 4.69) is 35.5 Å². The van der Waals surface area contributed by atoms with Gasteiger partial charge in [0.2, 0.25) is 0 Å². The summed E-state index contributed by atoms with van der Waals surface area (Å²) < 4.78 is 11.4. The number of aliphatic hydroxyl groups is 1. The Bertz CT molecular complexity index is 112. The molecule has 3 N–H and O–H groups in total. The molecule has 0 heterocycles. The Hall–Kier alpha value is -4.71. The second kappa shape index (κ2) is 383. The monoisotopic (exact) mass is 1050 g/mol. The maximum Gasteiger partial charge on any atom is 0.475 e. The van der Waals surface area contributed by atoms with E-state index in [1.807, 2.05) is 6.79 Å². The molecule has 0 aliphatic rings. The van der Waals surface area contributed by atoms with Crippen molar-refractivity contribution in [3.05, 3.63) is 21.3 Å². The summed E-state index contributed by atoms with van der Waals surface area (Å²) >= 11 is 0. The third-order valence-electron chi connectivity index (χ3n) is 0.353. The number of carbonyl (C=O) groups excluding carboxylic acids is 3. The van der Waals surface area contributed by atoms with Crippen molar-refractivity contribution in [1.82, 2.24) is 0 Å². The average Bonchev–Trinajstić information content (AvgIpc) is 2.33. The van der Waals surface area contributed by atoms with E-state index in [9.17, 15) is 4.79 Å². The van der Waals surface area contributed by atoms with Crippen LogP contribution in [-0.2, 0) is 23.8 Å². The Labute approximate surface area is 93.5 Å². The van der Waals surface area contributed by atoms with Gasteiger partial charge in [-0.05, 0) is 0 Å². The third kappa shape index (κ3) is 20100. The van der Waals surface area contributed by atoms with Gasteiger partial charge in [-0.1, -0.05) is 0 Å². The van der Waals surface area contributed by atoms with E-state index in [-0.39, 0.29) is 17.4 Å². The summed E-state index contributed by atoms with van der Waals surface area (Å²) in [6.07, 6.45) is -0.769. The smallest absolute Gasteiger partial charge is 0.475 e. The molecule has 0 radical (unpaired) electrons. The van der Waals surface area contributed by atoms with Crippen molar-refractivity contribution in [1.29, 1.82) is 0 Å². The first-order valence-electron chi connectivity index (χ1n) is 2.67. The van der Waals surface area contributed by atoms with Crippen LogP contribution >= 0.6 is 0 Å². The Morgan fingerprint density at radius 2 is 1.32 bits per heavy atom. The maximum absolute atomic E-state index is 9.67. The van der Waals surface area contributed by atoms with Crippen LogP contribution in [0.1, 0.15) is 0 Å². The van der Waals surface area contributed by atoms with E-state index in [0.717, 1.165) is 0 Å². The molecular formula is C7H15Db3O9-5. The van der Waals surface area contributed by atoms with Crippen molar-refractivity contribution in [2.45, 2.75) is 0 Å². The zero-order valence-electron chi connectivity index (χ0n) is 10.8. The van der Waals surface area contributed by atoms with Crippen LogP contribution in [0.3, 0.4) is 0 Å². The summed E-state index contributed by atoms with van der Waals surface area (Å²) in [6, 6.07) is 0. The molecule has 19 heavy (non-hydrogen) atoms. The molecule has 0 aromatic heterocycles. The Morgan fingerprint density at radius 3 is 1.32 bits per heavy atom. The van der Waals surface area contributed by atoms with Gasteiger partial charge in [-0.25, -0.2) is 11.9 Å². The van der Waals surface area contributed by atoms with Crippen molar-refractivity contribution in [2.24, 2.45) is 0 Å². The summed E-state index contributed by atoms with van der Waals surface area (Å²) in [5, 5.41) is 6.75. The summed E-state index contributed by atoms with van der Waals surface area (Å²) in [6.45, 7) is 2.26. The van der Waals surface area contributed by atoms with E-state index in [4.69, 9.17) is 14.7 Å². The van der Waals surface area contributed by atoms with E-state index in [1.165, 1.54) is 7.11 Å². The molecule has 0 fully saturated rings. The normalized spacial score (nSPS) is 3.84. The largest absolute Gasteiger partial charge is 0.870 e. The zero-order valence-corrected chi connectivity index (χ0v) is 30.1. The standard InChI is InChI=1S/C3H5O3.C2H3O2.CH3O.CH2O.3Db.2H2O/c1-5-3(4)6-2;1-4-2-3;2*1-2;;;;;/h1H2,2H3;2H,1H2;2H,1H2;1H2;;;;2*1H2/q3*-1;;;;;;/p-2. The Balaban J connectivity index is -0.0000000100. The maximum atomic E-state index is 9.67. The van der Waals surface area contributed by atoms with Crippen LogP contribution in [0.2, 0.25) is 0 Å². The summed E-state index contributed by atoms with van der Waals surface area (Å²) in [7, 11) is 8.98. The zero-order chi connectivity index (χ0) is 12.4. The number of ether oxygens (including phenoxy) is 3. The molecule has 0 saturated heterocycles. The summed E-state index contributed by atoms with van der Waals surface area (Å²) in [5.41, 5.74) is 0. The van der Waals surface area contributed by atoms with Gasteiger partial charge in [0.15, 0.2) is 0 Å². The average molecular weight is 1050 g/mol. The van der Waals surface area contributed by atoms with Crippen molar-refractivity contribution in [3.63, 3.8) is 0 Å². The van der Waals surface area contributed by atoms with Gasteiger partial charge in [0.25, 0.3) is 6.47 Å². The first-order valence-corrected chi connectivity index (χ1v) is 2.67. The van der Waals surface area contributed by atoms with Crippen LogP contribution in [0.5, 0.6) is 0 Å². The number of methoxy groups -OCH3 is 1. The van der Waals surface area contributed by atoms with Crippen LogP contribution in [0.4, 0.5) is 4.79 Å². The topological polar surface area (TPSA) is 159 Å². The molecule has 0 saturated carbocycles. The number of hydrogen-bond acceptors (Lipinski definition) is 9. The van der Waals surface area contributed by atoms with Crippen LogP contribution < -0.4 is 0 Å². The van der Waals surface area contributed by atoms with Gasteiger partial charge in [-0.15, -0.1) is 0 Å². The summed E-state index contributed by atoms with van der Waals surface area (Å²) in [4.78, 5) is 26.6. The first-order chi connectivity index (χ1) is 6.72. The number of carbonyl (C=O) groups is 3. The number of aliphatic hydroxyl groups excluding tert-OH is 1. The molecule has 0 atom stereocenters. The molecule has 0 aromatic rings. The minimum atomic E-state index is -0.769.